The summed E-state index contributed by atoms with van der Waals surface area (Å²) in [4.78, 5) is 20.8. The predicted octanol–water partition coefficient (Wildman–Crippen LogP) is 3.23. The number of carbonyl (C=O) groups is 1. The lowest BCUT2D eigenvalue weighted by molar-refractivity contribution is -0.161. The second-order valence-electron chi connectivity index (χ2n) is 7.19. The normalized spacial score (nSPS) is 22.8. The Morgan fingerprint density at radius 1 is 1.38 bits per heavy atom. The van der Waals surface area contributed by atoms with Crippen molar-refractivity contribution < 1.29 is 13.6 Å². The van der Waals surface area contributed by atoms with E-state index in [4.69, 9.17) is 0 Å². The van der Waals surface area contributed by atoms with Gasteiger partial charge in [-0.2, -0.15) is 5.10 Å². The molecule has 1 fully saturated rings. The summed E-state index contributed by atoms with van der Waals surface area (Å²) >= 11 is 0. The van der Waals surface area contributed by atoms with Crippen molar-refractivity contribution in [3.8, 4) is 11.5 Å². The largest absolute Gasteiger partial charge is 0.337 e. The van der Waals surface area contributed by atoms with E-state index >= 15 is 0 Å². The number of aromatic amines is 2. The molecule has 1 saturated carbocycles. The van der Waals surface area contributed by atoms with Crippen LogP contribution in [0.5, 0.6) is 0 Å². The van der Waals surface area contributed by atoms with Crippen LogP contribution in [0.25, 0.3) is 22.6 Å². The quantitative estimate of drug-likeness (QED) is 0.739. The molecular formula is C18H17F2N5O. The number of rotatable bonds is 2. The zero-order valence-corrected chi connectivity index (χ0v) is 14.3. The van der Waals surface area contributed by atoms with E-state index in [0.29, 0.717) is 35.4 Å². The van der Waals surface area contributed by atoms with Crippen molar-refractivity contribution in [2.24, 2.45) is 5.92 Å². The van der Waals surface area contributed by atoms with Crippen molar-refractivity contribution in [3.05, 3.63) is 29.5 Å². The Labute approximate surface area is 147 Å². The smallest absolute Gasteiger partial charge is 0.258 e. The number of anilines is 1. The van der Waals surface area contributed by atoms with Crippen LogP contribution in [-0.4, -0.2) is 39.0 Å². The first kappa shape index (κ1) is 15.5. The first-order chi connectivity index (χ1) is 12.4. The summed E-state index contributed by atoms with van der Waals surface area (Å²) in [5, 5.41) is 7.19. The van der Waals surface area contributed by atoms with Crippen molar-refractivity contribution in [1.29, 1.82) is 0 Å². The van der Waals surface area contributed by atoms with Gasteiger partial charge in [-0.15, -0.1) is 0 Å². The Bertz CT molecular complexity index is 1050. The van der Waals surface area contributed by atoms with Gasteiger partial charge in [-0.25, -0.2) is 13.8 Å². The summed E-state index contributed by atoms with van der Waals surface area (Å²) in [5.41, 5.74) is 4.02. The molecule has 134 valence electrons. The molecule has 0 aliphatic heterocycles. The molecule has 3 aliphatic rings. The number of H-pyrrole nitrogens is 2. The minimum absolute atomic E-state index is 0.0803. The van der Waals surface area contributed by atoms with Crippen LogP contribution in [0.4, 0.5) is 14.5 Å². The van der Waals surface area contributed by atoms with E-state index in [2.05, 4.69) is 20.2 Å². The minimum atomic E-state index is -2.66. The van der Waals surface area contributed by atoms with E-state index in [-0.39, 0.29) is 5.91 Å². The standard InChI is InChI=1S/C18H17F2N5O/c1-8(26)25(2)10-3-4-12-13(7-10)22-17(21-12)16-15-11-5-9(18(11,19)20)6-14(15)23-24-16/h3-4,7,9,11H,5-6H2,1-2H3,(H,21,22)(H,23,24). The molecule has 3 aromatic rings. The van der Waals surface area contributed by atoms with Crippen molar-refractivity contribution in [1.82, 2.24) is 20.2 Å². The minimum Gasteiger partial charge on any atom is -0.337 e. The van der Waals surface area contributed by atoms with Crippen LogP contribution in [0.2, 0.25) is 0 Å². The number of alkyl halides is 2. The third-order valence-electron chi connectivity index (χ3n) is 5.76. The summed E-state index contributed by atoms with van der Waals surface area (Å²) < 4.78 is 28.4. The fourth-order valence-corrected chi connectivity index (χ4v) is 4.09. The van der Waals surface area contributed by atoms with Crippen molar-refractivity contribution in [2.75, 3.05) is 11.9 Å². The molecule has 0 radical (unpaired) electrons. The van der Waals surface area contributed by atoms with Gasteiger partial charge >= 0.3 is 0 Å². The van der Waals surface area contributed by atoms with Gasteiger partial charge < -0.3 is 9.88 Å². The van der Waals surface area contributed by atoms with Gasteiger partial charge in [-0.3, -0.25) is 9.89 Å². The molecule has 0 saturated heterocycles. The summed E-state index contributed by atoms with van der Waals surface area (Å²) in [6.45, 7) is 1.49. The maximum atomic E-state index is 14.2. The topological polar surface area (TPSA) is 77.7 Å². The van der Waals surface area contributed by atoms with Crippen LogP contribution in [0.1, 0.15) is 30.5 Å². The lowest BCUT2D eigenvalue weighted by Gasteiger charge is -2.48. The van der Waals surface area contributed by atoms with E-state index in [1.807, 2.05) is 12.1 Å². The highest BCUT2D eigenvalue weighted by molar-refractivity contribution is 5.93. The molecule has 3 aliphatic carbocycles. The van der Waals surface area contributed by atoms with Crippen LogP contribution in [0.15, 0.2) is 18.2 Å². The van der Waals surface area contributed by atoms with Gasteiger partial charge in [-0.1, -0.05) is 0 Å². The second kappa shape index (κ2) is 4.90. The van der Waals surface area contributed by atoms with Crippen LogP contribution >= 0.6 is 0 Å². The molecular weight excluding hydrogens is 340 g/mol. The molecule has 1 amide bonds. The molecule has 2 heterocycles. The number of imidazole rings is 1. The number of aromatic nitrogens is 4. The first-order valence-corrected chi connectivity index (χ1v) is 8.55. The average molecular weight is 357 g/mol. The van der Waals surface area contributed by atoms with E-state index in [9.17, 15) is 13.6 Å². The molecule has 8 heteroatoms. The molecule has 1 aromatic carbocycles. The average Bonchev–Trinajstić information content (AvgIpc) is 3.23. The lowest BCUT2D eigenvalue weighted by Crippen LogP contribution is -2.51. The third kappa shape index (κ3) is 1.92. The molecule has 2 N–H and O–H groups in total. The number of carbonyl (C=O) groups excluding carboxylic acids is 1. The third-order valence-corrected chi connectivity index (χ3v) is 5.76. The molecule has 6 nitrogen and oxygen atoms in total. The fraction of sp³-hybridized carbons (Fsp3) is 0.389. The van der Waals surface area contributed by atoms with Crippen molar-refractivity contribution in [2.45, 2.75) is 31.6 Å². The number of amides is 1. The zero-order valence-electron chi connectivity index (χ0n) is 14.3. The molecule has 0 spiro atoms. The zero-order chi connectivity index (χ0) is 18.2. The lowest BCUT2D eigenvalue weighted by atomic mass is 9.60. The number of hydrogen-bond acceptors (Lipinski definition) is 3. The van der Waals surface area contributed by atoms with Gasteiger partial charge in [0.1, 0.15) is 5.69 Å². The highest BCUT2D eigenvalue weighted by Crippen LogP contribution is 2.61. The Morgan fingerprint density at radius 3 is 2.92 bits per heavy atom. The van der Waals surface area contributed by atoms with Gasteiger partial charge in [0.2, 0.25) is 5.91 Å². The van der Waals surface area contributed by atoms with E-state index in [1.54, 1.807) is 13.1 Å². The summed E-state index contributed by atoms with van der Waals surface area (Å²) in [6.07, 6.45) is 0.833. The Hall–Kier alpha value is -2.77. The van der Waals surface area contributed by atoms with Crippen LogP contribution in [-0.2, 0) is 11.2 Å². The first-order valence-electron chi connectivity index (χ1n) is 8.55. The number of nitrogens with one attached hydrogen (secondary N) is 2. The Kier molecular flexibility index (Phi) is 2.92. The molecule has 2 aromatic heterocycles. The van der Waals surface area contributed by atoms with Gasteiger partial charge in [0.15, 0.2) is 5.82 Å². The number of nitrogens with zero attached hydrogens (tertiary/aromatic N) is 3. The summed E-state index contributed by atoms with van der Waals surface area (Å²) in [6, 6.07) is 5.44. The number of fused-ring (bicyclic) bond motifs is 1. The summed E-state index contributed by atoms with van der Waals surface area (Å²) in [7, 11) is 1.69. The molecule has 2 unspecified atom stereocenters. The van der Waals surface area contributed by atoms with Crippen LogP contribution in [0, 0.1) is 5.92 Å². The number of halogens is 2. The molecule has 26 heavy (non-hydrogen) atoms. The highest BCUT2D eigenvalue weighted by atomic mass is 19.3. The van der Waals surface area contributed by atoms with Crippen molar-refractivity contribution in [3.63, 3.8) is 0 Å². The predicted molar refractivity (Wildman–Crippen MR) is 92.3 cm³/mol. The van der Waals surface area contributed by atoms with Gasteiger partial charge in [0.05, 0.1) is 17.0 Å². The molecule has 2 bridgehead atoms. The van der Waals surface area contributed by atoms with Gasteiger partial charge in [0.25, 0.3) is 5.92 Å². The highest BCUT2D eigenvalue weighted by Gasteiger charge is 2.62. The van der Waals surface area contributed by atoms with Gasteiger partial charge in [-0.05, 0) is 31.0 Å². The second-order valence-corrected chi connectivity index (χ2v) is 7.19. The Balaban J connectivity index is 1.59. The fourth-order valence-electron chi connectivity index (χ4n) is 4.09. The Morgan fingerprint density at radius 2 is 2.19 bits per heavy atom. The SMILES string of the molecule is CC(=O)N(C)c1ccc2[nH]c(-c3n[nH]c4c3C3CC(C4)C3(F)F)nc2c1. The maximum absolute atomic E-state index is 14.2. The number of hydrogen-bond donors (Lipinski definition) is 2. The number of benzene rings is 1. The van der Waals surface area contributed by atoms with Crippen molar-refractivity contribution >= 4 is 22.6 Å². The maximum Gasteiger partial charge on any atom is 0.258 e. The monoisotopic (exact) mass is 357 g/mol. The molecule has 6 rings (SSSR count). The van der Waals surface area contributed by atoms with E-state index < -0.39 is 17.8 Å². The van der Waals surface area contributed by atoms with E-state index in [1.165, 1.54) is 11.8 Å². The van der Waals surface area contributed by atoms with Crippen LogP contribution in [0.3, 0.4) is 0 Å². The van der Waals surface area contributed by atoms with Gasteiger partial charge in [0, 0.05) is 36.8 Å². The van der Waals surface area contributed by atoms with E-state index in [0.717, 1.165) is 16.9 Å². The summed E-state index contributed by atoms with van der Waals surface area (Å²) in [5.74, 6) is -3.62. The van der Waals surface area contributed by atoms with Crippen LogP contribution < -0.4 is 4.90 Å². The molecule has 2 atom stereocenters.